The van der Waals surface area contributed by atoms with Gasteiger partial charge in [0.2, 0.25) is 0 Å². The molecule has 0 unspecified atom stereocenters. The van der Waals surface area contributed by atoms with E-state index >= 15 is 0 Å². The molecular formula is C6H5N. The summed E-state index contributed by atoms with van der Waals surface area (Å²) in [5, 5.41) is 0. The van der Waals surface area contributed by atoms with Crippen molar-refractivity contribution in [3.05, 3.63) is 37.0 Å². The molecular weight excluding hydrogens is 86.1 g/mol. The Morgan fingerprint density at radius 3 is 2.86 bits per heavy atom. The molecule has 0 atom stereocenters. The molecule has 0 aliphatic heterocycles. The molecule has 1 heteroatoms. The van der Waals surface area contributed by atoms with Crippen molar-refractivity contribution >= 4 is 0 Å². The van der Waals surface area contributed by atoms with Crippen molar-refractivity contribution in [1.29, 1.82) is 0 Å². The van der Waals surface area contributed by atoms with Crippen LogP contribution in [0.5, 0.6) is 0 Å². The fourth-order valence-corrected chi connectivity index (χ4v) is 0.360. The van der Waals surface area contributed by atoms with Crippen LogP contribution in [0.2, 0.25) is 0 Å². The highest BCUT2D eigenvalue weighted by molar-refractivity contribution is 5.04. The van der Waals surface area contributed by atoms with Gasteiger partial charge in [0, 0.05) is 5.69 Å². The van der Waals surface area contributed by atoms with E-state index in [2.05, 4.69) is 18.1 Å². The van der Waals surface area contributed by atoms with Gasteiger partial charge in [-0.1, -0.05) is 6.07 Å². The molecule has 0 aromatic carbocycles. The summed E-state index contributed by atoms with van der Waals surface area (Å²) < 4.78 is 0. The van der Waals surface area contributed by atoms with Crippen LogP contribution < -0.4 is 0 Å². The highest BCUT2D eigenvalue weighted by atomic mass is 14.6. The first-order chi connectivity index (χ1) is 3.39. The van der Waals surface area contributed by atoms with E-state index in [9.17, 15) is 0 Å². The lowest BCUT2D eigenvalue weighted by molar-refractivity contribution is 1.25. The van der Waals surface area contributed by atoms with Crippen molar-refractivity contribution in [1.82, 2.24) is 4.98 Å². The Morgan fingerprint density at radius 1 is 1.71 bits per heavy atom. The van der Waals surface area contributed by atoms with Gasteiger partial charge in [0.1, 0.15) is 0 Å². The maximum Gasteiger partial charge on any atom is 0.0889 e. The predicted octanol–water partition coefficient (Wildman–Crippen LogP) is 1.06. The summed E-state index contributed by atoms with van der Waals surface area (Å²) in [6, 6.07) is 5.43. The highest BCUT2D eigenvalue weighted by Gasteiger charge is 1.74. The van der Waals surface area contributed by atoms with E-state index in [4.69, 9.17) is 0 Å². The van der Waals surface area contributed by atoms with Crippen LogP contribution in [0, 0.1) is 13.1 Å². The standard InChI is InChI=1S/C6H5N/c1-6-4-2-3-5-7-6/h2-4H,1H2. The maximum atomic E-state index is 3.74. The lowest BCUT2D eigenvalue weighted by Gasteiger charge is -1.81. The van der Waals surface area contributed by atoms with Crippen molar-refractivity contribution in [2.45, 2.75) is 0 Å². The minimum absolute atomic E-state index is 0.766. The Hall–Kier alpha value is -0.850. The minimum Gasteiger partial charge on any atom is -0.251 e. The van der Waals surface area contributed by atoms with Crippen LogP contribution in [-0.4, -0.2) is 4.98 Å². The molecule has 0 fully saturated rings. The Morgan fingerprint density at radius 2 is 2.57 bits per heavy atom. The predicted molar refractivity (Wildman–Crippen MR) is 27.5 cm³/mol. The Kier molecular flexibility index (Phi) is 1.07. The number of hydrogen-bond acceptors (Lipinski definition) is 1. The summed E-state index contributed by atoms with van der Waals surface area (Å²) in [6.45, 7) is 3.58. The van der Waals surface area contributed by atoms with E-state index in [-0.39, 0.29) is 0 Å². The van der Waals surface area contributed by atoms with E-state index in [0.717, 1.165) is 5.69 Å². The molecule has 0 N–H and O–H groups in total. The molecule has 1 rings (SSSR count). The summed E-state index contributed by atoms with van der Waals surface area (Å²) in [5.41, 5.74) is 0.766. The molecule has 0 saturated heterocycles. The average molecular weight is 91.1 g/mol. The van der Waals surface area contributed by atoms with Crippen molar-refractivity contribution in [2.75, 3.05) is 0 Å². The zero-order chi connectivity index (χ0) is 5.11. The lowest BCUT2D eigenvalue weighted by Crippen LogP contribution is -1.73. The van der Waals surface area contributed by atoms with Gasteiger partial charge >= 0.3 is 0 Å². The summed E-state index contributed by atoms with van der Waals surface area (Å²) in [4.78, 5) is 3.74. The summed E-state index contributed by atoms with van der Waals surface area (Å²) >= 11 is 0. The Balaban J connectivity index is 3.02. The van der Waals surface area contributed by atoms with E-state index in [1.54, 1.807) is 6.07 Å². The van der Waals surface area contributed by atoms with Crippen molar-refractivity contribution < 1.29 is 0 Å². The SMILES string of the molecule is [CH2]c1ccc[c]n1. The topological polar surface area (TPSA) is 12.9 Å². The zero-order valence-corrected chi connectivity index (χ0v) is 3.89. The molecule has 1 heterocycles. The number of pyridine rings is 1. The van der Waals surface area contributed by atoms with Gasteiger partial charge < -0.3 is 0 Å². The van der Waals surface area contributed by atoms with Crippen molar-refractivity contribution in [3.63, 3.8) is 0 Å². The fourth-order valence-electron chi connectivity index (χ4n) is 0.360. The first-order valence-electron chi connectivity index (χ1n) is 2.04. The van der Waals surface area contributed by atoms with Gasteiger partial charge in [-0.3, -0.25) is 4.98 Å². The van der Waals surface area contributed by atoms with Crippen LogP contribution in [0.4, 0.5) is 0 Å². The molecule has 0 aliphatic carbocycles. The van der Waals surface area contributed by atoms with Gasteiger partial charge in [0.25, 0.3) is 0 Å². The van der Waals surface area contributed by atoms with Crippen molar-refractivity contribution in [3.8, 4) is 0 Å². The third-order valence-corrected chi connectivity index (χ3v) is 0.668. The van der Waals surface area contributed by atoms with Crippen molar-refractivity contribution in [2.24, 2.45) is 0 Å². The van der Waals surface area contributed by atoms with Crippen LogP contribution in [0.15, 0.2) is 18.2 Å². The molecule has 34 valence electrons. The molecule has 0 bridgehead atoms. The molecule has 1 nitrogen and oxygen atoms in total. The van der Waals surface area contributed by atoms with Gasteiger partial charge in [-0.05, 0) is 19.1 Å². The number of hydrogen-bond donors (Lipinski definition) is 0. The molecule has 7 heavy (non-hydrogen) atoms. The lowest BCUT2D eigenvalue weighted by atomic mass is 10.4. The second kappa shape index (κ2) is 1.73. The first-order valence-corrected chi connectivity index (χ1v) is 2.04. The molecule has 0 aliphatic rings. The van der Waals surface area contributed by atoms with Gasteiger partial charge in [0.05, 0.1) is 6.20 Å². The Bertz CT molecular complexity index is 134. The van der Waals surface area contributed by atoms with Crippen LogP contribution >= 0.6 is 0 Å². The van der Waals surface area contributed by atoms with Crippen LogP contribution in [-0.2, 0) is 0 Å². The van der Waals surface area contributed by atoms with Crippen LogP contribution in [0.1, 0.15) is 5.69 Å². The average Bonchev–Trinajstić information content (AvgIpc) is 1.69. The van der Waals surface area contributed by atoms with Gasteiger partial charge in [-0.2, -0.15) is 0 Å². The summed E-state index contributed by atoms with van der Waals surface area (Å²) in [5.74, 6) is 0. The van der Waals surface area contributed by atoms with E-state index in [1.807, 2.05) is 12.1 Å². The normalized spacial score (nSPS) is 8.71. The summed E-state index contributed by atoms with van der Waals surface area (Å²) in [6.07, 6.45) is 2.65. The molecule has 0 amide bonds. The zero-order valence-electron chi connectivity index (χ0n) is 3.89. The number of nitrogens with zero attached hydrogens (tertiary/aromatic N) is 1. The maximum absolute atomic E-state index is 3.74. The summed E-state index contributed by atoms with van der Waals surface area (Å²) in [7, 11) is 0. The number of rotatable bonds is 0. The fraction of sp³-hybridized carbons (Fsp3) is 0. The van der Waals surface area contributed by atoms with E-state index < -0.39 is 0 Å². The Labute approximate surface area is 43.0 Å². The molecule has 0 spiro atoms. The van der Waals surface area contributed by atoms with Gasteiger partial charge in [-0.25, -0.2) is 0 Å². The number of aromatic nitrogens is 1. The minimum atomic E-state index is 0.766. The quantitative estimate of drug-likeness (QED) is 0.465. The molecule has 1 aromatic rings. The van der Waals surface area contributed by atoms with Crippen LogP contribution in [0.3, 0.4) is 0 Å². The second-order valence-corrected chi connectivity index (χ2v) is 1.26. The third kappa shape index (κ3) is 1.000. The van der Waals surface area contributed by atoms with Crippen LogP contribution in [0.25, 0.3) is 0 Å². The first kappa shape index (κ1) is 4.31. The largest absolute Gasteiger partial charge is 0.251 e. The second-order valence-electron chi connectivity index (χ2n) is 1.26. The smallest absolute Gasteiger partial charge is 0.0889 e. The monoisotopic (exact) mass is 91.0 g/mol. The van der Waals surface area contributed by atoms with Gasteiger partial charge in [0.15, 0.2) is 0 Å². The molecule has 0 saturated carbocycles. The van der Waals surface area contributed by atoms with E-state index in [0.29, 0.717) is 0 Å². The van der Waals surface area contributed by atoms with Gasteiger partial charge in [-0.15, -0.1) is 0 Å². The van der Waals surface area contributed by atoms with E-state index in [1.165, 1.54) is 0 Å². The molecule has 1 aromatic heterocycles. The third-order valence-electron chi connectivity index (χ3n) is 0.668. The molecule has 2 radical (unpaired) electrons. The highest BCUT2D eigenvalue weighted by Crippen LogP contribution is 1.85.